The molecule has 0 unspecified atom stereocenters. The molecule has 1 saturated heterocycles. The Kier molecular flexibility index (Phi) is 4.77. The van der Waals surface area contributed by atoms with Gasteiger partial charge in [0.05, 0.1) is 11.1 Å². The molecule has 2 aliphatic rings. The van der Waals surface area contributed by atoms with Crippen molar-refractivity contribution in [2.45, 2.75) is 97.4 Å². The van der Waals surface area contributed by atoms with Gasteiger partial charge < -0.3 is 4.90 Å². The zero-order chi connectivity index (χ0) is 18.4. The number of carbonyl (C=O) groups is 1. The minimum atomic E-state index is -0.111. The summed E-state index contributed by atoms with van der Waals surface area (Å²) in [6.07, 6.45) is 6.86. The average Bonchev–Trinajstić information content (AvgIpc) is 2.72. The maximum Gasteiger partial charge on any atom is 0.233 e. The number of rotatable bonds is 3. The molecule has 1 aliphatic carbocycles. The third-order valence-corrected chi connectivity index (χ3v) is 6.41. The first-order valence-electron chi connectivity index (χ1n) is 10.2. The van der Waals surface area contributed by atoms with Crippen molar-refractivity contribution >= 4 is 11.6 Å². The molecule has 0 atom stereocenters. The molecule has 2 nitrogen and oxygen atoms in total. The van der Waals surface area contributed by atoms with E-state index < -0.39 is 0 Å². The lowest BCUT2D eigenvalue weighted by molar-refractivity contribution is -0.127. The molecule has 25 heavy (non-hydrogen) atoms. The molecular weight excluding hydrogens is 306 g/mol. The molecule has 1 spiro atoms. The van der Waals surface area contributed by atoms with E-state index in [1.807, 2.05) is 0 Å². The second kappa shape index (κ2) is 6.45. The van der Waals surface area contributed by atoms with E-state index in [2.05, 4.69) is 64.6 Å². The lowest BCUT2D eigenvalue weighted by atomic mass is 9.70. The fourth-order valence-electron chi connectivity index (χ4n) is 5.29. The zero-order valence-electron chi connectivity index (χ0n) is 17.0. The highest BCUT2D eigenvalue weighted by Gasteiger charge is 2.56. The third kappa shape index (κ3) is 3.02. The first-order chi connectivity index (χ1) is 11.7. The molecule has 0 radical (unpaired) electrons. The van der Waals surface area contributed by atoms with Crippen molar-refractivity contribution in [3.05, 3.63) is 29.3 Å². The number of benzene rings is 1. The van der Waals surface area contributed by atoms with E-state index in [1.165, 1.54) is 36.1 Å². The fourth-order valence-corrected chi connectivity index (χ4v) is 5.29. The maximum absolute atomic E-state index is 13.8. The van der Waals surface area contributed by atoms with Crippen LogP contribution in [0.2, 0.25) is 0 Å². The van der Waals surface area contributed by atoms with Crippen molar-refractivity contribution < 1.29 is 4.79 Å². The second-order valence-electron chi connectivity index (χ2n) is 9.57. The molecular formula is C23H35NO. The van der Waals surface area contributed by atoms with Gasteiger partial charge in [-0.2, -0.15) is 0 Å². The Morgan fingerprint density at radius 2 is 1.44 bits per heavy atom. The summed E-state index contributed by atoms with van der Waals surface area (Å²) in [6.45, 7) is 13.5. The Balaban J connectivity index is 2.16. The summed E-state index contributed by atoms with van der Waals surface area (Å²) in [6, 6.07) is 6.61. The minimum Gasteiger partial charge on any atom is -0.306 e. The highest BCUT2D eigenvalue weighted by atomic mass is 16.2. The summed E-state index contributed by atoms with van der Waals surface area (Å²) in [5.41, 5.74) is 3.63. The molecule has 0 N–H and O–H groups in total. The number of nitrogens with zero attached hydrogens (tertiary/aromatic N) is 1. The number of anilines is 1. The van der Waals surface area contributed by atoms with Gasteiger partial charge in [0.15, 0.2) is 0 Å². The van der Waals surface area contributed by atoms with Crippen LogP contribution in [0.1, 0.15) is 103 Å². The molecule has 3 rings (SSSR count). The SMILES string of the molecule is CC(C)c1cccc(C(C)C)c1N1C(=O)C2(CCCCC2)CC1(C)C. The molecule has 1 aromatic carbocycles. The van der Waals surface area contributed by atoms with Gasteiger partial charge in [0.25, 0.3) is 0 Å². The number of amides is 1. The number of carbonyl (C=O) groups excluding carboxylic acids is 1. The largest absolute Gasteiger partial charge is 0.306 e. The van der Waals surface area contributed by atoms with E-state index in [1.54, 1.807) is 0 Å². The topological polar surface area (TPSA) is 20.3 Å². The molecule has 1 amide bonds. The monoisotopic (exact) mass is 341 g/mol. The smallest absolute Gasteiger partial charge is 0.233 e. The van der Waals surface area contributed by atoms with Crippen molar-refractivity contribution in [3.8, 4) is 0 Å². The Morgan fingerprint density at radius 3 is 1.92 bits per heavy atom. The van der Waals surface area contributed by atoms with Gasteiger partial charge in [0, 0.05) is 5.54 Å². The van der Waals surface area contributed by atoms with E-state index in [0.717, 1.165) is 19.3 Å². The average molecular weight is 342 g/mol. The van der Waals surface area contributed by atoms with Crippen LogP contribution in [0.5, 0.6) is 0 Å². The minimum absolute atomic E-state index is 0.108. The maximum atomic E-state index is 13.8. The Hall–Kier alpha value is -1.31. The van der Waals surface area contributed by atoms with Gasteiger partial charge in [-0.3, -0.25) is 4.79 Å². The van der Waals surface area contributed by atoms with Crippen LogP contribution >= 0.6 is 0 Å². The van der Waals surface area contributed by atoms with Crippen molar-refractivity contribution in [1.29, 1.82) is 0 Å². The molecule has 2 heteroatoms. The lowest BCUT2D eigenvalue weighted by Crippen LogP contribution is -2.43. The van der Waals surface area contributed by atoms with E-state index in [9.17, 15) is 4.79 Å². The quantitative estimate of drug-likeness (QED) is 0.623. The van der Waals surface area contributed by atoms with Crippen LogP contribution in [0.25, 0.3) is 0 Å². The predicted molar refractivity (Wildman–Crippen MR) is 106 cm³/mol. The lowest BCUT2D eigenvalue weighted by Gasteiger charge is -2.36. The predicted octanol–water partition coefficient (Wildman–Crippen LogP) is 6.40. The number of hydrogen-bond donors (Lipinski definition) is 0. The molecule has 1 aromatic rings. The second-order valence-corrected chi connectivity index (χ2v) is 9.57. The molecule has 138 valence electrons. The van der Waals surface area contributed by atoms with Gasteiger partial charge in [-0.05, 0) is 56.1 Å². The van der Waals surface area contributed by atoms with Crippen LogP contribution in [0.3, 0.4) is 0 Å². The summed E-state index contributed by atoms with van der Waals surface area (Å²) in [5.74, 6) is 1.23. The molecule has 1 heterocycles. The van der Waals surface area contributed by atoms with Crippen LogP contribution in [0, 0.1) is 5.41 Å². The highest BCUT2D eigenvalue weighted by Crippen LogP contribution is 2.54. The van der Waals surface area contributed by atoms with Crippen molar-refractivity contribution in [2.24, 2.45) is 5.41 Å². The van der Waals surface area contributed by atoms with Gasteiger partial charge in [0.1, 0.15) is 0 Å². The molecule has 1 aliphatic heterocycles. The van der Waals surface area contributed by atoms with E-state index >= 15 is 0 Å². The van der Waals surface area contributed by atoms with Crippen molar-refractivity contribution in [1.82, 2.24) is 0 Å². The highest BCUT2D eigenvalue weighted by molar-refractivity contribution is 6.03. The van der Waals surface area contributed by atoms with Gasteiger partial charge in [0.2, 0.25) is 5.91 Å². The zero-order valence-corrected chi connectivity index (χ0v) is 17.0. The Morgan fingerprint density at radius 1 is 0.920 bits per heavy atom. The van der Waals surface area contributed by atoms with Gasteiger partial charge in [-0.25, -0.2) is 0 Å². The summed E-state index contributed by atoms with van der Waals surface area (Å²) in [7, 11) is 0. The van der Waals surface area contributed by atoms with E-state index in [-0.39, 0.29) is 11.0 Å². The molecule has 1 saturated carbocycles. The van der Waals surface area contributed by atoms with Crippen molar-refractivity contribution in [3.63, 3.8) is 0 Å². The molecule has 0 aromatic heterocycles. The summed E-state index contributed by atoms with van der Waals surface area (Å²) >= 11 is 0. The summed E-state index contributed by atoms with van der Waals surface area (Å²) in [4.78, 5) is 16.0. The summed E-state index contributed by atoms with van der Waals surface area (Å²) in [5, 5.41) is 0. The van der Waals surface area contributed by atoms with Crippen LogP contribution in [-0.2, 0) is 4.79 Å². The number of para-hydroxylation sites is 1. The van der Waals surface area contributed by atoms with Crippen LogP contribution in [0.4, 0.5) is 5.69 Å². The standard InChI is InChI=1S/C23H35NO/c1-16(2)18-11-10-12-19(17(3)4)20(18)24-21(25)23(15-22(24,5)6)13-8-7-9-14-23/h10-12,16-17H,7-9,13-15H2,1-6H3. The van der Waals surface area contributed by atoms with Gasteiger partial charge in [-0.1, -0.05) is 65.2 Å². The first kappa shape index (κ1) is 18.5. The van der Waals surface area contributed by atoms with Crippen LogP contribution in [0.15, 0.2) is 18.2 Å². The third-order valence-electron chi connectivity index (χ3n) is 6.41. The Labute approximate surface area is 154 Å². The normalized spacial score (nSPS) is 22.4. The van der Waals surface area contributed by atoms with E-state index in [4.69, 9.17) is 0 Å². The summed E-state index contributed by atoms with van der Waals surface area (Å²) < 4.78 is 0. The fraction of sp³-hybridized carbons (Fsp3) is 0.696. The van der Waals surface area contributed by atoms with Crippen molar-refractivity contribution in [2.75, 3.05) is 4.90 Å². The van der Waals surface area contributed by atoms with Gasteiger partial charge in [-0.15, -0.1) is 0 Å². The molecule has 2 fully saturated rings. The first-order valence-corrected chi connectivity index (χ1v) is 10.2. The van der Waals surface area contributed by atoms with E-state index in [0.29, 0.717) is 17.7 Å². The van der Waals surface area contributed by atoms with Gasteiger partial charge >= 0.3 is 0 Å². The van der Waals surface area contributed by atoms with Crippen LogP contribution < -0.4 is 4.90 Å². The number of hydrogen-bond acceptors (Lipinski definition) is 1. The Bertz CT molecular complexity index is 624. The van der Waals surface area contributed by atoms with Crippen LogP contribution in [-0.4, -0.2) is 11.4 Å². The molecule has 0 bridgehead atoms.